The Morgan fingerprint density at radius 3 is 2.57 bits per heavy atom. The molecule has 0 saturated carbocycles. The monoisotopic (exact) mass is 441 g/mol. The topological polar surface area (TPSA) is 93.5 Å². The first-order valence-electron chi connectivity index (χ1n) is 9.09. The molecule has 30 heavy (non-hydrogen) atoms. The highest BCUT2D eigenvalue weighted by molar-refractivity contribution is 7.80. The molecule has 154 valence electrons. The van der Waals surface area contributed by atoms with Crippen molar-refractivity contribution in [2.75, 3.05) is 17.2 Å². The van der Waals surface area contributed by atoms with Gasteiger partial charge in [-0.25, -0.2) is 4.79 Å². The molecule has 2 aromatic carbocycles. The quantitative estimate of drug-likeness (QED) is 0.222. The molecule has 0 aliphatic carbocycles. The molecule has 0 amide bonds. The highest BCUT2D eigenvalue weighted by Crippen LogP contribution is 2.40. The number of esters is 1. The van der Waals surface area contributed by atoms with Crippen LogP contribution in [0.25, 0.3) is 11.1 Å². The normalized spacial score (nSPS) is 10.3. The second-order valence-electron chi connectivity index (χ2n) is 6.21. The molecular formula is C21H19N3O4S2. The van der Waals surface area contributed by atoms with Crippen molar-refractivity contribution in [2.24, 2.45) is 0 Å². The first-order valence-corrected chi connectivity index (χ1v) is 10.3. The molecule has 0 fully saturated rings. The Morgan fingerprint density at radius 2 is 1.90 bits per heavy atom. The fraction of sp³-hybridized carbons (Fsp3) is 0.143. The minimum Gasteiger partial charge on any atom is -0.462 e. The van der Waals surface area contributed by atoms with Crippen LogP contribution in [0.15, 0.2) is 54.6 Å². The van der Waals surface area contributed by atoms with Gasteiger partial charge in [-0.15, -0.1) is 11.3 Å². The van der Waals surface area contributed by atoms with Crippen molar-refractivity contribution >= 4 is 51.0 Å². The fourth-order valence-electron chi connectivity index (χ4n) is 2.95. The lowest BCUT2D eigenvalue weighted by molar-refractivity contribution is -0.384. The van der Waals surface area contributed by atoms with Gasteiger partial charge < -0.3 is 15.4 Å². The predicted octanol–water partition coefficient (Wildman–Crippen LogP) is 5.62. The van der Waals surface area contributed by atoms with E-state index in [4.69, 9.17) is 17.0 Å². The van der Waals surface area contributed by atoms with Crippen LogP contribution in [0.2, 0.25) is 0 Å². The molecule has 0 bridgehead atoms. The van der Waals surface area contributed by atoms with Gasteiger partial charge in [-0.3, -0.25) is 10.1 Å². The van der Waals surface area contributed by atoms with Crippen LogP contribution >= 0.6 is 23.6 Å². The third kappa shape index (κ3) is 4.81. The van der Waals surface area contributed by atoms with Crippen molar-refractivity contribution < 1.29 is 14.5 Å². The number of aryl methyl sites for hydroxylation is 1. The van der Waals surface area contributed by atoms with Crippen molar-refractivity contribution in [2.45, 2.75) is 13.8 Å². The lowest BCUT2D eigenvalue weighted by atomic mass is 10.0. The van der Waals surface area contributed by atoms with Gasteiger partial charge in [-0.1, -0.05) is 36.4 Å². The maximum Gasteiger partial charge on any atom is 0.341 e. The van der Waals surface area contributed by atoms with E-state index in [1.54, 1.807) is 19.1 Å². The van der Waals surface area contributed by atoms with Crippen molar-refractivity contribution in [3.05, 3.63) is 75.2 Å². The molecule has 1 heterocycles. The Kier molecular flexibility index (Phi) is 6.76. The van der Waals surface area contributed by atoms with E-state index in [1.165, 1.54) is 23.5 Å². The lowest BCUT2D eigenvalue weighted by Gasteiger charge is -2.12. The molecule has 0 aliphatic heterocycles. The Hall–Kier alpha value is -3.30. The van der Waals surface area contributed by atoms with E-state index < -0.39 is 10.9 Å². The number of benzene rings is 2. The Morgan fingerprint density at radius 1 is 1.17 bits per heavy atom. The van der Waals surface area contributed by atoms with E-state index in [1.807, 2.05) is 37.3 Å². The number of hydrogen-bond donors (Lipinski definition) is 2. The Bertz CT molecular complexity index is 1100. The van der Waals surface area contributed by atoms with Crippen molar-refractivity contribution in [1.82, 2.24) is 0 Å². The second-order valence-corrected chi connectivity index (χ2v) is 7.84. The maximum atomic E-state index is 12.7. The zero-order valence-corrected chi connectivity index (χ0v) is 17.9. The summed E-state index contributed by atoms with van der Waals surface area (Å²) < 4.78 is 5.28. The summed E-state index contributed by atoms with van der Waals surface area (Å²) >= 11 is 6.76. The minimum absolute atomic E-state index is 0.0478. The van der Waals surface area contributed by atoms with Gasteiger partial charge in [0.2, 0.25) is 0 Å². The standard InChI is InChI=1S/C21H19N3O4S2/c1-3-28-20(25)18-17(14-8-5-4-6-9-14)13(2)30-19(18)23-21(29)22-15-10-7-11-16(12-15)24(26)27/h4-12H,3H2,1-2H3,(H2,22,23,29). The summed E-state index contributed by atoms with van der Waals surface area (Å²) in [5.41, 5.74) is 2.53. The number of nitro benzene ring substituents is 1. The molecule has 3 rings (SSSR count). The first-order chi connectivity index (χ1) is 14.4. The van der Waals surface area contributed by atoms with Crippen LogP contribution in [-0.4, -0.2) is 22.6 Å². The van der Waals surface area contributed by atoms with E-state index >= 15 is 0 Å². The van der Waals surface area contributed by atoms with Gasteiger partial charge in [0.25, 0.3) is 5.69 Å². The summed E-state index contributed by atoms with van der Waals surface area (Å²) in [6, 6.07) is 15.6. The molecule has 9 heteroatoms. The van der Waals surface area contributed by atoms with Crippen LogP contribution in [0.4, 0.5) is 16.4 Å². The van der Waals surface area contributed by atoms with Gasteiger partial charge in [-0.05, 0) is 37.7 Å². The van der Waals surface area contributed by atoms with Crippen LogP contribution < -0.4 is 10.6 Å². The number of nitro groups is 1. The number of hydrogen-bond acceptors (Lipinski definition) is 6. The zero-order valence-electron chi connectivity index (χ0n) is 16.3. The number of thiocarbonyl (C=S) groups is 1. The number of thiophene rings is 1. The largest absolute Gasteiger partial charge is 0.462 e. The molecule has 0 spiro atoms. The smallest absolute Gasteiger partial charge is 0.341 e. The molecule has 3 aromatic rings. The lowest BCUT2D eigenvalue weighted by Crippen LogP contribution is -2.20. The SMILES string of the molecule is CCOC(=O)c1c(NC(=S)Nc2cccc([N+](=O)[O-])c2)sc(C)c1-c1ccccc1. The first kappa shape index (κ1) is 21.4. The molecule has 0 radical (unpaired) electrons. The Labute approximate surface area is 182 Å². The fourth-order valence-corrected chi connectivity index (χ4v) is 4.30. The minimum atomic E-state index is -0.477. The summed E-state index contributed by atoms with van der Waals surface area (Å²) in [5, 5.41) is 17.7. The van der Waals surface area contributed by atoms with Gasteiger partial charge in [0.15, 0.2) is 5.11 Å². The van der Waals surface area contributed by atoms with Crippen molar-refractivity contribution in [3.63, 3.8) is 0 Å². The van der Waals surface area contributed by atoms with E-state index in [9.17, 15) is 14.9 Å². The number of non-ortho nitro benzene ring substituents is 1. The van der Waals surface area contributed by atoms with Gasteiger partial charge in [0, 0.05) is 28.3 Å². The number of nitrogens with zero attached hydrogens (tertiary/aromatic N) is 1. The number of rotatable bonds is 6. The van der Waals surface area contributed by atoms with E-state index in [0.717, 1.165) is 16.0 Å². The van der Waals surface area contributed by atoms with Crippen LogP contribution in [0, 0.1) is 17.0 Å². The number of carbonyl (C=O) groups is 1. The predicted molar refractivity (Wildman–Crippen MR) is 123 cm³/mol. The second kappa shape index (κ2) is 9.47. The number of nitrogens with one attached hydrogen (secondary N) is 2. The average Bonchev–Trinajstić information content (AvgIpc) is 3.04. The highest BCUT2D eigenvalue weighted by Gasteiger charge is 2.25. The van der Waals surface area contributed by atoms with E-state index in [0.29, 0.717) is 16.3 Å². The molecule has 7 nitrogen and oxygen atoms in total. The number of anilines is 2. The summed E-state index contributed by atoms with van der Waals surface area (Å²) in [6.07, 6.45) is 0. The molecule has 2 N–H and O–H groups in total. The van der Waals surface area contributed by atoms with Gasteiger partial charge in [-0.2, -0.15) is 0 Å². The van der Waals surface area contributed by atoms with Crippen LogP contribution in [0.3, 0.4) is 0 Å². The summed E-state index contributed by atoms with van der Waals surface area (Å²) in [6.45, 7) is 3.93. The van der Waals surface area contributed by atoms with Gasteiger partial charge >= 0.3 is 5.97 Å². The summed E-state index contributed by atoms with van der Waals surface area (Å²) in [5.74, 6) is -0.443. The molecular weight excluding hydrogens is 422 g/mol. The van der Waals surface area contributed by atoms with E-state index in [-0.39, 0.29) is 17.4 Å². The van der Waals surface area contributed by atoms with E-state index in [2.05, 4.69) is 10.6 Å². The zero-order chi connectivity index (χ0) is 21.7. The van der Waals surface area contributed by atoms with Gasteiger partial charge in [0.05, 0.1) is 11.5 Å². The van der Waals surface area contributed by atoms with Gasteiger partial charge in [0.1, 0.15) is 10.6 Å². The summed E-state index contributed by atoms with van der Waals surface area (Å²) in [7, 11) is 0. The van der Waals surface area contributed by atoms with Crippen LogP contribution in [0.5, 0.6) is 0 Å². The average molecular weight is 442 g/mol. The number of carbonyl (C=O) groups excluding carboxylic acids is 1. The molecule has 0 saturated heterocycles. The molecule has 1 aromatic heterocycles. The Balaban J connectivity index is 1.92. The van der Waals surface area contributed by atoms with Crippen LogP contribution in [-0.2, 0) is 4.74 Å². The van der Waals surface area contributed by atoms with Crippen molar-refractivity contribution in [3.8, 4) is 11.1 Å². The van der Waals surface area contributed by atoms with Crippen molar-refractivity contribution in [1.29, 1.82) is 0 Å². The number of ether oxygens (including phenoxy) is 1. The third-order valence-electron chi connectivity index (χ3n) is 4.17. The summed E-state index contributed by atoms with van der Waals surface area (Å²) in [4.78, 5) is 24.2. The van der Waals surface area contributed by atoms with Crippen LogP contribution in [0.1, 0.15) is 22.2 Å². The third-order valence-corrected chi connectivity index (χ3v) is 5.39. The molecule has 0 unspecified atom stereocenters. The highest BCUT2D eigenvalue weighted by atomic mass is 32.1. The maximum absolute atomic E-state index is 12.7. The molecule has 0 aliphatic rings. The molecule has 0 atom stereocenters.